The van der Waals surface area contributed by atoms with Gasteiger partial charge in [0, 0.05) is 6.54 Å². The van der Waals surface area contributed by atoms with Crippen molar-refractivity contribution in [2.24, 2.45) is 5.92 Å². The van der Waals surface area contributed by atoms with Gasteiger partial charge in [-0.25, -0.2) is 8.42 Å². The van der Waals surface area contributed by atoms with Crippen molar-refractivity contribution in [3.63, 3.8) is 0 Å². The summed E-state index contributed by atoms with van der Waals surface area (Å²) >= 11 is 11.8. The van der Waals surface area contributed by atoms with Crippen molar-refractivity contribution in [2.75, 3.05) is 6.54 Å². The highest BCUT2D eigenvalue weighted by molar-refractivity contribution is 7.89. The van der Waals surface area contributed by atoms with Crippen LogP contribution in [0.3, 0.4) is 0 Å². The Morgan fingerprint density at radius 2 is 2.05 bits per heavy atom. The molecule has 1 fully saturated rings. The third-order valence-corrected chi connectivity index (χ3v) is 6.26. The predicted molar refractivity (Wildman–Crippen MR) is 75.6 cm³/mol. The van der Waals surface area contributed by atoms with Crippen LogP contribution in [0, 0.1) is 5.92 Å². The molecule has 2 rings (SSSR count). The van der Waals surface area contributed by atoms with E-state index >= 15 is 0 Å². The highest BCUT2D eigenvalue weighted by atomic mass is 35.5. The Bertz CT molecular complexity index is 647. The number of nitrogens with zero attached hydrogens (tertiary/aromatic N) is 1. The number of carboxylic acid groups (broad SMARTS) is 1. The minimum absolute atomic E-state index is 0.0853. The molecule has 2 unspecified atom stereocenters. The SMILES string of the molecule is CC1CCN(S(=O)(=O)c2cccc(Cl)c2Cl)C1C(=O)O. The number of hydrogen-bond donors (Lipinski definition) is 1. The molecule has 1 N–H and O–H groups in total. The Hall–Kier alpha value is -0.820. The second kappa shape index (κ2) is 5.52. The Kier molecular flexibility index (Phi) is 4.30. The smallest absolute Gasteiger partial charge is 0.322 e. The lowest BCUT2D eigenvalue weighted by molar-refractivity contribution is -0.141. The zero-order valence-electron chi connectivity index (χ0n) is 10.6. The van der Waals surface area contributed by atoms with Gasteiger partial charge < -0.3 is 5.11 Å². The van der Waals surface area contributed by atoms with Crippen LogP contribution in [0.2, 0.25) is 10.0 Å². The number of aliphatic carboxylic acids is 1. The molecule has 0 saturated carbocycles. The van der Waals surface area contributed by atoms with E-state index in [1.807, 2.05) is 0 Å². The maximum atomic E-state index is 12.6. The first-order valence-electron chi connectivity index (χ1n) is 5.95. The molecule has 1 heterocycles. The summed E-state index contributed by atoms with van der Waals surface area (Å²) in [6, 6.07) is 3.20. The van der Waals surface area contributed by atoms with E-state index in [0.29, 0.717) is 6.42 Å². The second-order valence-electron chi connectivity index (χ2n) is 4.72. The molecule has 20 heavy (non-hydrogen) atoms. The van der Waals surface area contributed by atoms with E-state index in [9.17, 15) is 18.3 Å². The summed E-state index contributed by atoms with van der Waals surface area (Å²) in [7, 11) is -3.98. The number of rotatable bonds is 3. The lowest BCUT2D eigenvalue weighted by atomic mass is 10.0. The van der Waals surface area contributed by atoms with Crippen LogP contribution >= 0.6 is 23.2 Å². The van der Waals surface area contributed by atoms with Crippen LogP contribution in [0.5, 0.6) is 0 Å². The van der Waals surface area contributed by atoms with E-state index in [4.69, 9.17) is 23.2 Å². The molecule has 110 valence electrons. The Morgan fingerprint density at radius 1 is 1.40 bits per heavy atom. The molecule has 0 aliphatic carbocycles. The predicted octanol–water partition coefficient (Wildman–Crippen LogP) is 2.48. The van der Waals surface area contributed by atoms with Crippen molar-refractivity contribution in [1.82, 2.24) is 4.31 Å². The van der Waals surface area contributed by atoms with Crippen LogP contribution in [-0.2, 0) is 14.8 Å². The average Bonchev–Trinajstić information content (AvgIpc) is 2.75. The maximum Gasteiger partial charge on any atom is 0.322 e. The first kappa shape index (κ1) is 15.6. The molecule has 0 amide bonds. The van der Waals surface area contributed by atoms with Gasteiger partial charge in [0.2, 0.25) is 10.0 Å². The standard InChI is InChI=1S/C12H13Cl2NO4S/c1-7-5-6-15(11(7)12(16)17)20(18,19)9-4-2-3-8(13)10(9)14/h2-4,7,11H,5-6H2,1H3,(H,16,17). The summed E-state index contributed by atoms with van der Waals surface area (Å²) in [5.41, 5.74) is 0. The molecule has 0 aromatic heterocycles. The lowest BCUT2D eigenvalue weighted by Crippen LogP contribution is -2.42. The fraction of sp³-hybridized carbons (Fsp3) is 0.417. The van der Waals surface area contributed by atoms with Gasteiger partial charge in [0.25, 0.3) is 0 Å². The molecule has 1 aromatic carbocycles. The average molecular weight is 338 g/mol. The Morgan fingerprint density at radius 3 is 2.65 bits per heavy atom. The number of halogens is 2. The number of benzene rings is 1. The summed E-state index contributed by atoms with van der Waals surface area (Å²) in [6.45, 7) is 1.87. The monoisotopic (exact) mass is 337 g/mol. The van der Waals surface area contributed by atoms with Gasteiger partial charge in [0.05, 0.1) is 10.0 Å². The molecule has 5 nitrogen and oxygen atoms in total. The maximum absolute atomic E-state index is 12.6. The summed E-state index contributed by atoms with van der Waals surface area (Å²) < 4.78 is 26.2. The van der Waals surface area contributed by atoms with Gasteiger partial charge in [-0.15, -0.1) is 0 Å². The van der Waals surface area contributed by atoms with Gasteiger partial charge in [0.15, 0.2) is 0 Å². The van der Waals surface area contributed by atoms with E-state index in [1.54, 1.807) is 6.92 Å². The Balaban J connectivity index is 2.50. The molecule has 1 saturated heterocycles. The summed E-state index contributed by atoms with van der Waals surface area (Å²) in [6.07, 6.45) is 0.494. The lowest BCUT2D eigenvalue weighted by Gasteiger charge is -2.23. The number of sulfonamides is 1. The number of carbonyl (C=O) groups is 1. The highest BCUT2D eigenvalue weighted by Crippen LogP contribution is 2.35. The topological polar surface area (TPSA) is 74.7 Å². The van der Waals surface area contributed by atoms with Crippen LogP contribution in [0.1, 0.15) is 13.3 Å². The molecular formula is C12H13Cl2NO4S. The van der Waals surface area contributed by atoms with Crippen LogP contribution in [-0.4, -0.2) is 36.4 Å². The van der Waals surface area contributed by atoms with Crippen molar-refractivity contribution in [2.45, 2.75) is 24.3 Å². The zero-order chi connectivity index (χ0) is 15.1. The Labute approximate surface area is 127 Å². The second-order valence-corrected chi connectivity index (χ2v) is 7.36. The summed E-state index contributed by atoms with van der Waals surface area (Å²) in [5, 5.41) is 9.26. The fourth-order valence-corrected chi connectivity index (χ4v) is 4.79. The van der Waals surface area contributed by atoms with Crippen LogP contribution in [0.4, 0.5) is 0 Å². The van der Waals surface area contributed by atoms with E-state index in [-0.39, 0.29) is 27.4 Å². The minimum atomic E-state index is -3.98. The molecule has 8 heteroatoms. The molecular weight excluding hydrogens is 325 g/mol. The van der Waals surface area contributed by atoms with Gasteiger partial charge in [-0.1, -0.05) is 36.2 Å². The van der Waals surface area contributed by atoms with E-state index in [1.165, 1.54) is 18.2 Å². The van der Waals surface area contributed by atoms with Gasteiger partial charge in [-0.2, -0.15) is 4.31 Å². The van der Waals surface area contributed by atoms with Gasteiger partial charge in [-0.05, 0) is 24.5 Å². The van der Waals surface area contributed by atoms with Gasteiger partial charge >= 0.3 is 5.97 Å². The third kappa shape index (κ3) is 2.53. The third-order valence-electron chi connectivity index (χ3n) is 3.41. The van der Waals surface area contributed by atoms with E-state index in [0.717, 1.165) is 4.31 Å². The number of carboxylic acids is 1. The molecule has 1 aromatic rings. The van der Waals surface area contributed by atoms with Crippen molar-refractivity contribution >= 4 is 39.2 Å². The minimum Gasteiger partial charge on any atom is -0.480 e. The summed E-state index contributed by atoms with van der Waals surface area (Å²) in [4.78, 5) is 11.1. The van der Waals surface area contributed by atoms with Gasteiger partial charge in [-0.3, -0.25) is 4.79 Å². The molecule has 1 aliphatic rings. The first-order chi connectivity index (χ1) is 9.26. The highest BCUT2D eigenvalue weighted by Gasteiger charge is 2.44. The van der Waals surface area contributed by atoms with Gasteiger partial charge in [0.1, 0.15) is 10.9 Å². The van der Waals surface area contributed by atoms with Crippen molar-refractivity contribution in [3.8, 4) is 0 Å². The van der Waals surface area contributed by atoms with E-state index in [2.05, 4.69) is 0 Å². The summed E-state index contributed by atoms with van der Waals surface area (Å²) in [5.74, 6) is -1.41. The molecule has 0 bridgehead atoms. The fourth-order valence-electron chi connectivity index (χ4n) is 2.36. The largest absolute Gasteiger partial charge is 0.480 e. The van der Waals surface area contributed by atoms with Crippen molar-refractivity contribution in [3.05, 3.63) is 28.2 Å². The molecule has 0 spiro atoms. The van der Waals surface area contributed by atoms with Crippen LogP contribution in [0.15, 0.2) is 23.1 Å². The van der Waals surface area contributed by atoms with Crippen molar-refractivity contribution in [1.29, 1.82) is 0 Å². The normalized spacial score (nSPS) is 23.9. The van der Waals surface area contributed by atoms with Crippen LogP contribution < -0.4 is 0 Å². The molecule has 0 radical (unpaired) electrons. The first-order valence-corrected chi connectivity index (χ1v) is 8.15. The van der Waals surface area contributed by atoms with E-state index < -0.39 is 22.0 Å². The number of hydrogen-bond acceptors (Lipinski definition) is 3. The van der Waals surface area contributed by atoms with Crippen molar-refractivity contribution < 1.29 is 18.3 Å². The van der Waals surface area contributed by atoms with Crippen LogP contribution in [0.25, 0.3) is 0 Å². The molecule has 1 aliphatic heterocycles. The quantitative estimate of drug-likeness (QED) is 0.919. The zero-order valence-corrected chi connectivity index (χ0v) is 12.9. The molecule has 2 atom stereocenters.